The topological polar surface area (TPSA) is 29.5 Å². The molecule has 104 valence electrons. The monoisotopic (exact) mass is 253 g/mol. The molecule has 1 atom stereocenters. The molecule has 1 unspecified atom stereocenters. The van der Waals surface area contributed by atoms with Gasteiger partial charge in [0.05, 0.1) is 13.2 Å². The van der Waals surface area contributed by atoms with E-state index in [1.807, 2.05) is 0 Å². The van der Waals surface area contributed by atoms with E-state index in [1.165, 1.54) is 6.42 Å². The molecule has 1 heterocycles. The summed E-state index contributed by atoms with van der Waals surface area (Å²) in [6.07, 6.45) is 3.30. The van der Waals surface area contributed by atoms with Gasteiger partial charge in [-0.1, -0.05) is 20.3 Å². The number of hydrogen-bond donors (Lipinski definition) is 0. The molecule has 18 heavy (non-hydrogen) atoms. The number of morpholine rings is 1. The third-order valence-corrected chi connectivity index (χ3v) is 4.65. The maximum Gasteiger partial charge on any atom is 0.142 e. The second kappa shape index (κ2) is 4.93. The highest BCUT2D eigenvalue weighted by Crippen LogP contribution is 2.36. The lowest BCUT2D eigenvalue weighted by molar-refractivity contribution is -0.137. The van der Waals surface area contributed by atoms with Crippen LogP contribution in [0, 0.1) is 11.3 Å². The van der Waals surface area contributed by atoms with Crippen LogP contribution in [-0.2, 0) is 9.53 Å². The fourth-order valence-electron chi connectivity index (χ4n) is 3.27. The third kappa shape index (κ3) is 2.77. The van der Waals surface area contributed by atoms with E-state index in [9.17, 15) is 4.79 Å². The van der Waals surface area contributed by atoms with Crippen molar-refractivity contribution in [2.24, 2.45) is 11.3 Å². The Bertz CT molecular complexity index is 322. The van der Waals surface area contributed by atoms with Crippen molar-refractivity contribution in [3.63, 3.8) is 0 Å². The summed E-state index contributed by atoms with van der Waals surface area (Å²) in [5.41, 5.74) is -0.0422. The molecule has 1 saturated carbocycles. The summed E-state index contributed by atoms with van der Waals surface area (Å²) in [5.74, 6) is 0.696. The zero-order valence-corrected chi connectivity index (χ0v) is 12.3. The average molecular weight is 253 g/mol. The molecule has 0 amide bonds. The molecule has 1 saturated heterocycles. The molecule has 0 bridgehead atoms. The highest BCUT2D eigenvalue weighted by atomic mass is 16.5. The minimum Gasteiger partial charge on any atom is -0.378 e. The molecule has 0 aromatic carbocycles. The molecule has 2 fully saturated rings. The van der Waals surface area contributed by atoms with Crippen molar-refractivity contribution in [2.75, 3.05) is 26.3 Å². The number of Topliss-reactive ketones (excluding diaryl/α,β-unsaturated/α-hetero) is 1. The van der Waals surface area contributed by atoms with E-state index >= 15 is 0 Å². The van der Waals surface area contributed by atoms with Gasteiger partial charge in [-0.05, 0) is 26.7 Å². The maximum atomic E-state index is 12.5. The zero-order valence-electron chi connectivity index (χ0n) is 12.3. The minimum absolute atomic E-state index is 0.0696. The maximum absolute atomic E-state index is 12.5. The molecular weight excluding hydrogens is 226 g/mol. The second-order valence-electron chi connectivity index (χ2n) is 7.15. The van der Waals surface area contributed by atoms with Gasteiger partial charge in [0.15, 0.2) is 0 Å². The van der Waals surface area contributed by atoms with Gasteiger partial charge in [-0.3, -0.25) is 9.69 Å². The van der Waals surface area contributed by atoms with Crippen LogP contribution < -0.4 is 0 Å². The van der Waals surface area contributed by atoms with E-state index in [4.69, 9.17) is 4.74 Å². The van der Waals surface area contributed by atoms with Crippen molar-refractivity contribution < 1.29 is 9.53 Å². The van der Waals surface area contributed by atoms with Gasteiger partial charge in [0.25, 0.3) is 0 Å². The van der Waals surface area contributed by atoms with E-state index in [0.717, 1.165) is 39.1 Å². The number of nitrogens with zero attached hydrogens (tertiary/aromatic N) is 1. The number of carbonyl (C=O) groups excluding carboxylic acids is 1. The number of carbonyl (C=O) groups is 1. The SMILES string of the molecule is CC1(C)CCCC(CN2CCOCC2(C)C)C1=O. The summed E-state index contributed by atoms with van der Waals surface area (Å²) in [7, 11) is 0. The number of ether oxygens (including phenoxy) is 1. The molecule has 3 heteroatoms. The molecule has 0 radical (unpaired) electrons. The number of rotatable bonds is 2. The first-order chi connectivity index (χ1) is 8.33. The Morgan fingerprint density at radius 2 is 2.06 bits per heavy atom. The highest BCUT2D eigenvalue weighted by molar-refractivity contribution is 5.87. The molecule has 0 spiro atoms. The molecule has 1 aliphatic carbocycles. The molecule has 0 aromatic heterocycles. The van der Waals surface area contributed by atoms with Crippen molar-refractivity contribution in [2.45, 2.75) is 52.5 Å². The Labute approximate surface area is 111 Å². The second-order valence-corrected chi connectivity index (χ2v) is 7.15. The molecule has 2 aliphatic rings. The number of ketones is 1. The van der Waals surface area contributed by atoms with Crippen LogP contribution >= 0.6 is 0 Å². The van der Waals surface area contributed by atoms with Crippen LogP contribution in [0.1, 0.15) is 47.0 Å². The Balaban J connectivity index is 2.02. The zero-order chi connectivity index (χ0) is 13.4. The van der Waals surface area contributed by atoms with Gasteiger partial charge in [0.1, 0.15) is 5.78 Å². The van der Waals surface area contributed by atoms with Crippen LogP contribution in [-0.4, -0.2) is 42.5 Å². The molecule has 0 aromatic rings. The van der Waals surface area contributed by atoms with E-state index in [1.54, 1.807) is 0 Å². The van der Waals surface area contributed by atoms with Crippen LogP contribution in [0.15, 0.2) is 0 Å². The predicted molar refractivity (Wildman–Crippen MR) is 72.6 cm³/mol. The van der Waals surface area contributed by atoms with Gasteiger partial charge in [0.2, 0.25) is 0 Å². The first kappa shape index (κ1) is 14.0. The van der Waals surface area contributed by atoms with E-state index in [2.05, 4.69) is 32.6 Å². The Morgan fingerprint density at radius 1 is 1.33 bits per heavy atom. The standard InChI is InChI=1S/C15H27NO2/c1-14(2)7-5-6-12(13(14)17)10-16-8-9-18-11-15(16,3)4/h12H,5-11H2,1-4H3. The lowest BCUT2D eigenvalue weighted by Crippen LogP contribution is -2.55. The summed E-state index contributed by atoms with van der Waals surface area (Å²) >= 11 is 0. The van der Waals surface area contributed by atoms with Crippen molar-refractivity contribution in [3.8, 4) is 0 Å². The summed E-state index contributed by atoms with van der Waals surface area (Å²) in [5, 5.41) is 0. The molecular formula is C15H27NO2. The molecule has 2 rings (SSSR count). The van der Waals surface area contributed by atoms with E-state index < -0.39 is 0 Å². The lowest BCUT2D eigenvalue weighted by Gasteiger charge is -2.45. The quantitative estimate of drug-likeness (QED) is 0.757. The van der Waals surface area contributed by atoms with Gasteiger partial charge in [-0.25, -0.2) is 0 Å². The average Bonchev–Trinajstić information content (AvgIpc) is 2.27. The summed E-state index contributed by atoms with van der Waals surface area (Å²) in [4.78, 5) is 14.9. The van der Waals surface area contributed by atoms with Gasteiger partial charge < -0.3 is 4.74 Å². The minimum atomic E-state index is -0.112. The van der Waals surface area contributed by atoms with Crippen LogP contribution in [0.4, 0.5) is 0 Å². The largest absolute Gasteiger partial charge is 0.378 e. The van der Waals surface area contributed by atoms with Crippen LogP contribution in [0.5, 0.6) is 0 Å². The molecule has 3 nitrogen and oxygen atoms in total. The fraction of sp³-hybridized carbons (Fsp3) is 0.933. The van der Waals surface area contributed by atoms with Crippen molar-refractivity contribution in [1.29, 1.82) is 0 Å². The Kier molecular flexibility index (Phi) is 3.84. The van der Waals surface area contributed by atoms with Crippen molar-refractivity contribution in [1.82, 2.24) is 4.90 Å². The predicted octanol–water partition coefficient (Wildman–Crippen LogP) is 2.49. The molecule has 0 N–H and O–H groups in total. The summed E-state index contributed by atoms with van der Waals surface area (Å²) < 4.78 is 5.55. The highest BCUT2D eigenvalue weighted by Gasteiger charge is 2.40. The van der Waals surface area contributed by atoms with Crippen LogP contribution in [0.3, 0.4) is 0 Å². The Hall–Kier alpha value is -0.410. The van der Waals surface area contributed by atoms with Gasteiger partial charge in [-0.15, -0.1) is 0 Å². The normalized spacial score (nSPS) is 32.4. The van der Waals surface area contributed by atoms with Gasteiger partial charge in [0, 0.05) is 30.0 Å². The van der Waals surface area contributed by atoms with Crippen molar-refractivity contribution >= 4 is 5.78 Å². The summed E-state index contributed by atoms with van der Waals surface area (Å²) in [6.45, 7) is 12.1. The van der Waals surface area contributed by atoms with Crippen LogP contribution in [0.2, 0.25) is 0 Å². The lowest BCUT2D eigenvalue weighted by atomic mass is 9.70. The van der Waals surface area contributed by atoms with E-state index in [-0.39, 0.29) is 16.9 Å². The van der Waals surface area contributed by atoms with E-state index in [0.29, 0.717) is 5.78 Å². The van der Waals surface area contributed by atoms with Gasteiger partial charge >= 0.3 is 0 Å². The Morgan fingerprint density at radius 3 is 2.72 bits per heavy atom. The first-order valence-electron chi connectivity index (χ1n) is 7.20. The van der Waals surface area contributed by atoms with Crippen molar-refractivity contribution in [3.05, 3.63) is 0 Å². The molecule has 1 aliphatic heterocycles. The smallest absolute Gasteiger partial charge is 0.142 e. The fourth-order valence-corrected chi connectivity index (χ4v) is 3.27. The first-order valence-corrected chi connectivity index (χ1v) is 7.20. The van der Waals surface area contributed by atoms with Crippen LogP contribution in [0.25, 0.3) is 0 Å². The van der Waals surface area contributed by atoms with Gasteiger partial charge in [-0.2, -0.15) is 0 Å². The third-order valence-electron chi connectivity index (χ3n) is 4.65. The number of hydrogen-bond acceptors (Lipinski definition) is 3. The summed E-state index contributed by atoms with van der Waals surface area (Å²) in [6, 6.07) is 0.